The first-order valence-electron chi connectivity index (χ1n) is 7.53. The normalized spacial score (nSPS) is 11.7. The van der Waals surface area contributed by atoms with Gasteiger partial charge in [0.25, 0.3) is 5.91 Å². The number of nitrogens with one attached hydrogen (secondary N) is 1. The zero-order valence-corrected chi connectivity index (χ0v) is 13.8. The molecule has 1 atom stereocenters. The molecular formula is C19H21NO3. The molecule has 0 spiro atoms. The molecule has 2 aromatic carbocycles. The van der Waals surface area contributed by atoms with Crippen LogP contribution in [0.1, 0.15) is 34.0 Å². The standard InChI is InChI=1S/C19H21NO3/c1-12-10-13(2)17(14(3)11-12)19(22)23-15(4)18(21)20-16-8-6-5-7-9-16/h5-11,15H,1-4H3,(H,20,21). The Morgan fingerprint density at radius 1 is 1.00 bits per heavy atom. The second-order valence-electron chi connectivity index (χ2n) is 5.68. The van der Waals surface area contributed by atoms with Gasteiger partial charge in [0.1, 0.15) is 0 Å². The second-order valence-corrected chi connectivity index (χ2v) is 5.68. The van der Waals surface area contributed by atoms with E-state index in [0.717, 1.165) is 16.7 Å². The number of carbonyl (C=O) groups excluding carboxylic acids is 2. The third-order valence-corrected chi connectivity index (χ3v) is 3.58. The van der Waals surface area contributed by atoms with Gasteiger partial charge in [-0.2, -0.15) is 0 Å². The summed E-state index contributed by atoms with van der Waals surface area (Å²) in [5.41, 5.74) is 3.98. The number of amides is 1. The van der Waals surface area contributed by atoms with Gasteiger partial charge in [0.15, 0.2) is 6.10 Å². The lowest BCUT2D eigenvalue weighted by atomic mass is 10.00. The quantitative estimate of drug-likeness (QED) is 0.874. The van der Waals surface area contributed by atoms with Crippen molar-refractivity contribution in [1.82, 2.24) is 0 Å². The molecule has 2 aromatic rings. The summed E-state index contributed by atoms with van der Waals surface area (Å²) in [6, 6.07) is 12.9. The summed E-state index contributed by atoms with van der Waals surface area (Å²) in [5, 5.41) is 2.72. The monoisotopic (exact) mass is 311 g/mol. The first kappa shape index (κ1) is 16.7. The SMILES string of the molecule is Cc1cc(C)c(C(=O)OC(C)C(=O)Nc2ccccc2)c(C)c1. The third-order valence-electron chi connectivity index (χ3n) is 3.58. The zero-order valence-electron chi connectivity index (χ0n) is 13.8. The third kappa shape index (κ3) is 4.19. The van der Waals surface area contributed by atoms with Crippen molar-refractivity contribution >= 4 is 17.6 Å². The van der Waals surface area contributed by atoms with Crippen LogP contribution in [0.4, 0.5) is 5.69 Å². The fourth-order valence-electron chi connectivity index (χ4n) is 2.54. The minimum absolute atomic E-state index is 0.355. The first-order chi connectivity index (χ1) is 10.9. The molecule has 0 radical (unpaired) electrons. The van der Waals surface area contributed by atoms with Gasteiger partial charge in [-0.25, -0.2) is 4.79 Å². The van der Waals surface area contributed by atoms with Crippen molar-refractivity contribution in [3.63, 3.8) is 0 Å². The van der Waals surface area contributed by atoms with E-state index >= 15 is 0 Å². The highest BCUT2D eigenvalue weighted by Crippen LogP contribution is 2.18. The molecule has 23 heavy (non-hydrogen) atoms. The lowest BCUT2D eigenvalue weighted by Gasteiger charge is -2.16. The molecule has 0 aliphatic heterocycles. The van der Waals surface area contributed by atoms with Crippen LogP contribution in [-0.4, -0.2) is 18.0 Å². The molecule has 2 rings (SSSR count). The summed E-state index contributed by atoms with van der Waals surface area (Å²) in [5.74, 6) is -0.831. The number of esters is 1. The molecular weight excluding hydrogens is 290 g/mol. The van der Waals surface area contributed by atoms with E-state index in [1.165, 1.54) is 0 Å². The van der Waals surface area contributed by atoms with Crippen LogP contribution in [0.5, 0.6) is 0 Å². The maximum atomic E-state index is 12.4. The fraction of sp³-hybridized carbons (Fsp3) is 0.263. The van der Waals surface area contributed by atoms with Gasteiger partial charge in [0.05, 0.1) is 5.56 Å². The highest BCUT2D eigenvalue weighted by atomic mass is 16.5. The van der Waals surface area contributed by atoms with Gasteiger partial charge < -0.3 is 10.1 Å². The van der Waals surface area contributed by atoms with E-state index in [0.29, 0.717) is 11.3 Å². The van der Waals surface area contributed by atoms with E-state index in [1.54, 1.807) is 19.1 Å². The van der Waals surface area contributed by atoms with Crippen molar-refractivity contribution in [2.45, 2.75) is 33.8 Å². The summed E-state index contributed by atoms with van der Waals surface area (Å²) in [6.07, 6.45) is -0.872. The van der Waals surface area contributed by atoms with Gasteiger partial charge in [0, 0.05) is 5.69 Å². The van der Waals surface area contributed by atoms with Crippen LogP contribution in [0.2, 0.25) is 0 Å². The average Bonchev–Trinajstić information content (AvgIpc) is 2.47. The molecule has 1 unspecified atom stereocenters. The molecule has 0 heterocycles. The highest BCUT2D eigenvalue weighted by molar-refractivity contribution is 5.98. The Hall–Kier alpha value is -2.62. The molecule has 1 amide bonds. The summed E-state index contributed by atoms with van der Waals surface area (Å²) >= 11 is 0. The van der Waals surface area contributed by atoms with Crippen LogP contribution < -0.4 is 5.32 Å². The number of benzene rings is 2. The molecule has 4 heteroatoms. The molecule has 0 aromatic heterocycles. The molecule has 1 N–H and O–H groups in total. The van der Waals surface area contributed by atoms with Crippen molar-refractivity contribution in [2.75, 3.05) is 5.32 Å². The number of aryl methyl sites for hydroxylation is 3. The van der Waals surface area contributed by atoms with Crippen molar-refractivity contribution in [1.29, 1.82) is 0 Å². The van der Waals surface area contributed by atoms with E-state index in [-0.39, 0.29) is 5.91 Å². The van der Waals surface area contributed by atoms with E-state index in [2.05, 4.69) is 5.32 Å². The van der Waals surface area contributed by atoms with Gasteiger partial charge in [0.2, 0.25) is 0 Å². The van der Waals surface area contributed by atoms with Crippen molar-refractivity contribution in [2.24, 2.45) is 0 Å². The molecule has 0 bridgehead atoms. The molecule has 0 fully saturated rings. The minimum atomic E-state index is -0.872. The predicted molar refractivity (Wildman–Crippen MR) is 90.6 cm³/mol. The number of carbonyl (C=O) groups is 2. The first-order valence-corrected chi connectivity index (χ1v) is 7.53. The molecule has 4 nitrogen and oxygen atoms in total. The van der Waals surface area contributed by atoms with Crippen molar-refractivity contribution < 1.29 is 14.3 Å². The number of anilines is 1. The van der Waals surface area contributed by atoms with Crippen LogP contribution in [-0.2, 0) is 9.53 Å². The van der Waals surface area contributed by atoms with Crippen LogP contribution in [0.15, 0.2) is 42.5 Å². The number of ether oxygens (including phenoxy) is 1. The maximum Gasteiger partial charge on any atom is 0.339 e. The van der Waals surface area contributed by atoms with Gasteiger partial charge in [-0.3, -0.25) is 4.79 Å². The van der Waals surface area contributed by atoms with E-state index in [9.17, 15) is 9.59 Å². The summed E-state index contributed by atoms with van der Waals surface area (Å²) in [4.78, 5) is 24.5. The van der Waals surface area contributed by atoms with E-state index in [1.807, 2.05) is 51.1 Å². The molecule has 0 aliphatic rings. The Kier molecular flexibility index (Phi) is 5.16. The number of hydrogen-bond acceptors (Lipinski definition) is 3. The Bertz CT molecular complexity index is 700. The number of hydrogen-bond donors (Lipinski definition) is 1. The average molecular weight is 311 g/mol. The highest BCUT2D eigenvalue weighted by Gasteiger charge is 2.21. The molecule has 120 valence electrons. The smallest absolute Gasteiger partial charge is 0.339 e. The van der Waals surface area contributed by atoms with Gasteiger partial charge >= 0.3 is 5.97 Å². The Morgan fingerprint density at radius 3 is 2.13 bits per heavy atom. The predicted octanol–water partition coefficient (Wildman–Crippen LogP) is 3.80. The lowest BCUT2D eigenvalue weighted by Crippen LogP contribution is -2.30. The van der Waals surface area contributed by atoms with E-state index in [4.69, 9.17) is 4.74 Å². The molecule has 0 aliphatic carbocycles. The molecule has 0 saturated heterocycles. The second kappa shape index (κ2) is 7.09. The summed E-state index contributed by atoms with van der Waals surface area (Å²) in [7, 11) is 0. The minimum Gasteiger partial charge on any atom is -0.449 e. The largest absolute Gasteiger partial charge is 0.449 e. The maximum absolute atomic E-state index is 12.4. The number of para-hydroxylation sites is 1. The van der Waals surface area contributed by atoms with Gasteiger partial charge in [-0.1, -0.05) is 35.9 Å². The van der Waals surface area contributed by atoms with Crippen LogP contribution in [0.3, 0.4) is 0 Å². The van der Waals surface area contributed by atoms with Crippen LogP contribution >= 0.6 is 0 Å². The van der Waals surface area contributed by atoms with E-state index < -0.39 is 12.1 Å². The summed E-state index contributed by atoms with van der Waals surface area (Å²) < 4.78 is 5.32. The number of rotatable bonds is 4. The van der Waals surface area contributed by atoms with Crippen molar-refractivity contribution in [3.05, 3.63) is 64.7 Å². The zero-order chi connectivity index (χ0) is 17.0. The Labute approximate surface area is 136 Å². The Balaban J connectivity index is 2.06. The molecule has 0 saturated carbocycles. The van der Waals surface area contributed by atoms with Crippen LogP contribution in [0.25, 0.3) is 0 Å². The van der Waals surface area contributed by atoms with Crippen molar-refractivity contribution in [3.8, 4) is 0 Å². The van der Waals surface area contributed by atoms with Crippen LogP contribution in [0, 0.1) is 20.8 Å². The summed E-state index contributed by atoms with van der Waals surface area (Å²) in [6.45, 7) is 7.27. The Morgan fingerprint density at radius 2 is 1.57 bits per heavy atom. The lowest BCUT2D eigenvalue weighted by molar-refractivity contribution is -0.123. The van der Waals surface area contributed by atoms with Gasteiger partial charge in [-0.05, 0) is 51.0 Å². The topological polar surface area (TPSA) is 55.4 Å². The fourth-order valence-corrected chi connectivity index (χ4v) is 2.54. The van der Waals surface area contributed by atoms with Gasteiger partial charge in [-0.15, -0.1) is 0 Å².